The smallest absolute Gasteiger partial charge is 0.275 e. The summed E-state index contributed by atoms with van der Waals surface area (Å²) < 4.78 is 13.9. The third-order valence-electron chi connectivity index (χ3n) is 2.20. The van der Waals surface area contributed by atoms with Gasteiger partial charge in [-0.2, -0.15) is 0 Å². The Kier molecular flexibility index (Phi) is 3.28. The fourth-order valence-corrected chi connectivity index (χ4v) is 1.75. The lowest BCUT2D eigenvalue weighted by Gasteiger charge is -2.14. The Balaban J connectivity index is 2.15. The van der Waals surface area contributed by atoms with Gasteiger partial charge in [0.25, 0.3) is 5.91 Å². The number of hydrogen-bond acceptors (Lipinski definition) is 3. The Morgan fingerprint density at radius 2 is 2.17 bits per heavy atom. The third-order valence-corrected chi connectivity index (χ3v) is 2.70. The van der Waals surface area contributed by atoms with Gasteiger partial charge in [0.1, 0.15) is 12.4 Å². The van der Waals surface area contributed by atoms with Crippen molar-refractivity contribution >= 4 is 33.8 Å². The molecule has 4 amide bonds. The number of urea groups is 1. The minimum absolute atomic E-state index is 0.225. The average molecular weight is 316 g/mol. The van der Waals surface area contributed by atoms with E-state index in [1.54, 1.807) is 0 Å². The first-order chi connectivity index (χ1) is 8.47. The van der Waals surface area contributed by atoms with Gasteiger partial charge >= 0.3 is 6.03 Å². The van der Waals surface area contributed by atoms with Crippen LogP contribution < -0.4 is 10.7 Å². The van der Waals surface area contributed by atoms with E-state index >= 15 is 0 Å². The van der Waals surface area contributed by atoms with E-state index < -0.39 is 23.7 Å². The molecule has 8 heteroatoms. The minimum Gasteiger partial charge on any atom is -0.275 e. The van der Waals surface area contributed by atoms with Crippen molar-refractivity contribution in [3.63, 3.8) is 0 Å². The summed E-state index contributed by atoms with van der Waals surface area (Å²) >= 11 is 3.11. The molecule has 2 N–H and O–H groups in total. The van der Waals surface area contributed by atoms with Crippen molar-refractivity contribution in [1.29, 1.82) is 0 Å². The van der Waals surface area contributed by atoms with E-state index in [9.17, 15) is 18.8 Å². The Hall–Kier alpha value is -1.96. The van der Waals surface area contributed by atoms with Gasteiger partial charge in [-0.15, -0.1) is 0 Å². The number of nitrogens with one attached hydrogen (secondary N) is 2. The maximum atomic E-state index is 13.4. The van der Waals surface area contributed by atoms with E-state index in [1.165, 1.54) is 12.1 Å². The van der Waals surface area contributed by atoms with Crippen LogP contribution in [0.5, 0.6) is 0 Å². The summed E-state index contributed by atoms with van der Waals surface area (Å²) in [6.45, 7) is -0.291. The highest BCUT2D eigenvalue weighted by Gasteiger charge is 2.29. The zero-order valence-electron chi connectivity index (χ0n) is 8.87. The van der Waals surface area contributed by atoms with E-state index in [0.29, 0.717) is 4.47 Å². The topological polar surface area (TPSA) is 78.5 Å². The average Bonchev–Trinajstić information content (AvgIpc) is 2.61. The number of rotatable bonds is 2. The van der Waals surface area contributed by atoms with Crippen molar-refractivity contribution in [2.24, 2.45) is 0 Å². The van der Waals surface area contributed by atoms with Crippen molar-refractivity contribution in [2.45, 2.75) is 0 Å². The summed E-state index contributed by atoms with van der Waals surface area (Å²) in [6.07, 6.45) is 0. The van der Waals surface area contributed by atoms with Crippen LogP contribution in [-0.2, 0) is 4.79 Å². The molecule has 0 aromatic heterocycles. The molecule has 0 radical (unpaired) electrons. The van der Waals surface area contributed by atoms with Gasteiger partial charge in [-0.05, 0) is 18.2 Å². The first-order valence-electron chi connectivity index (χ1n) is 4.85. The maximum Gasteiger partial charge on any atom is 0.343 e. The molecule has 1 fully saturated rings. The van der Waals surface area contributed by atoms with E-state index in [1.807, 2.05) is 5.32 Å². The summed E-state index contributed by atoms with van der Waals surface area (Å²) in [5.74, 6) is -2.06. The molecule has 0 atom stereocenters. The Morgan fingerprint density at radius 3 is 2.78 bits per heavy atom. The van der Waals surface area contributed by atoms with Crippen LogP contribution in [-0.4, -0.2) is 29.4 Å². The number of carbonyl (C=O) groups excluding carboxylic acids is 3. The van der Waals surface area contributed by atoms with Crippen molar-refractivity contribution in [3.05, 3.63) is 34.1 Å². The van der Waals surface area contributed by atoms with Gasteiger partial charge in [-0.1, -0.05) is 15.9 Å². The maximum absolute atomic E-state index is 13.4. The molecule has 0 spiro atoms. The van der Waals surface area contributed by atoms with Crippen LogP contribution in [0.2, 0.25) is 0 Å². The van der Waals surface area contributed by atoms with Crippen LogP contribution in [0.25, 0.3) is 0 Å². The first kappa shape index (κ1) is 12.5. The molecule has 94 valence electrons. The van der Waals surface area contributed by atoms with Crippen LogP contribution >= 0.6 is 15.9 Å². The normalized spacial score (nSPS) is 14.7. The zero-order chi connectivity index (χ0) is 13.3. The lowest BCUT2D eigenvalue weighted by molar-refractivity contribution is -0.118. The van der Waals surface area contributed by atoms with E-state index in [-0.39, 0.29) is 12.1 Å². The Bertz CT molecular complexity index is 549. The number of halogens is 2. The molecule has 0 aliphatic carbocycles. The summed E-state index contributed by atoms with van der Waals surface area (Å²) in [5, 5.41) is 2.76. The van der Waals surface area contributed by atoms with Gasteiger partial charge in [-0.3, -0.25) is 20.3 Å². The molecule has 2 rings (SSSR count). The number of hydrogen-bond donors (Lipinski definition) is 2. The third kappa shape index (κ3) is 2.48. The van der Waals surface area contributed by atoms with E-state index in [4.69, 9.17) is 0 Å². The number of hydrazine groups is 1. The van der Waals surface area contributed by atoms with Gasteiger partial charge in [0.2, 0.25) is 5.91 Å². The lowest BCUT2D eigenvalue weighted by atomic mass is 10.2. The Morgan fingerprint density at radius 1 is 1.44 bits per heavy atom. The molecular weight excluding hydrogens is 309 g/mol. The number of imide groups is 1. The van der Waals surface area contributed by atoms with Gasteiger partial charge in [0.05, 0.1) is 5.56 Å². The zero-order valence-corrected chi connectivity index (χ0v) is 10.5. The Labute approximate surface area is 109 Å². The summed E-state index contributed by atoms with van der Waals surface area (Å²) in [6, 6.07) is 3.09. The molecule has 1 aromatic carbocycles. The predicted molar refractivity (Wildman–Crippen MR) is 61.8 cm³/mol. The second kappa shape index (κ2) is 4.73. The summed E-state index contributed by atoms with van der Waals surface area (Å²) in [5.41, 5.74) is 1.92. The molecule has 18 heavy (non-hydrogen) atoms. The van der Waals surface area contributed by atoms with Crippen molar-refractivity contribution < 1.29 is 18.8 Å². The highest BCUT2D eigenvalue weighted by atomic mass is 79.9. The summed E-state index contributed by atoms with van der Waals surface area (Å²) in [7, 11) is 0. The number of benzene rings is 1. The highest BCUT2D eigenvalue weighted by Crippen LogP contribution is 2.15. The molecule has 0 saturated carbocycles. The molecule has 1 aliphatic rings. The van der Waals surface area contributed by atoms with Crippen LogP contribution in [0, 0.1) is 5.82 Å². The number of amides is 4. The van der Waals surface area contributed by atoms with Crippen molar-refractivity contribution in [3.8, 4) is 0 Å². The molecule has 0 unspecified atom stereocenters. The molecule has 1 aliphatic heterocycles. The quantitative estimate of drug-likeness (QED) is 0.792. The van der Waals surface area contributed by atoms with Crippen LogP contribution in [0.4, 0.5) is 9.18 Å². The molecular formula is C10H7BrFN3O3. The molecule has 1 heterocycles. The molecule has 1 aromatic rings. The monoisotopic (exact) mass is 315 g/mol. The molecule has 6 nitrogen and oxygen atoms in total. The number of nitrogens with zero attached hydrogens (tertiary/aromatic N) is 1. The number of carbonyl (C=O) groups is 3. The second-order valence-corrected chi connectivity index (χ2v) is 4.42. The fraction of sp³-hybridized carbons (Fsp3) is 0.100. The van der Waals surface area contributed by atoms with Crippen molar-refractivity contribution in [1.82, 2.24) is 15.8 Å². The minimum atomic E-state index is -0.807. The highest BCUT2D eigenvalue weighted by molar-refractivity contribution is 9.10. The van der Waals surface area contributed by atoms with Gasteiger partial charge in [0, 0.05) is 4.47 Å². The first-order valence-corrected chi connectivity index (χ1v) is 5.64. The lowest BCUT2D eigenvalue weighted by Crippen LogP contribution is -2.44. The SMILES string of the molecule is O=C1CN(NC(=O)c2cc(Br)ccc2F)C(=O)N1. The standard InChI is InChI=1S/C10H7BrFN3O3/c11-5-1-2-7(12)6(3-5)9(17)14-15-4-8(16)13-10(15)18/h1-3H,4H2,(H,14,17)(H,13,16,18). The summed E-state index contributed by atoms with van der Waals surface area (Å²) in [4.78, 5) is 33.8. The van der Waals surface area contributed by atoms with E-state index in [2.05, 4.69) is 21.4 Å². The molecule has 1 saturated heterocycles. The molecule has 0 bridgehead atoms. The van der Waals surface area contributed by atoms with Crippen molar-refractivity contribution in [2.75, 3.05) is 6.54 Å². The second-order valence-electron chi connectivity index (χ2n) is 3.50. The van der Waals surface area contributed by atoms with Crippen LogP contribution in [0.3, 0.4) is 0 Å². The van der Waals surface area contributed by atoms with Crippen LogP contribution in [0.1, 0.15) is 10.4 Å². The van der Waals surface area contributed by atoms with E-state index in [0.717, 1.165) is 11.1 Å². The van der Waals surface area contributed by atoms with Gasteiger partial charge in [-0.25, -0.2) is 14.2 Å². The largest absolute Gasteiger partial charge is 0.343 e. The van der Waals surface area contributed by atoms with Crippen LogP contribution in [0.15, 0.2) is 22.7 Å². The van der Waals surface area contributed by atoms with Gasteiger partial charge in [0.15, 0.2) is 0 Å². The fourth-order valence-electron chi connectivity index (χ4n) is 1.39. The predicted octanol–water partition coefficient (Wildman–Crippen LogP) is 0.785. The van der Waals surface area contributed by atoms with Gasteiger partial charge < -0.3 is 0 Å².